The van der Waals surface area contributed by atoms with E-state index in [9.17, 15) is 9.59 Å². The number of amides is 1. The summed E-state index contributed by atoms with van der Waals surface area (Å²) in [5.74, 6) is 0.600. The zero-order valence-corrected chi connectivity index (χ0v) is 15.9. The van der Waals surface area contributed by atoms with Crippen molar-refractivity contribution in [2.75, 3.05) is 26.7 Å². The van der Waals surface area contributed by atoms with Crippen LogP contribution in [-0.2, 0) is 0 Å². The number of hydrogen-bond donors (Lipinski definition) is 1. The molecule has 6 heteroatoms. The third-order valence-electron chi connectivity index (χ3n) is 5.22. The fourth-order valence-electron chi connectivity index (χ4n) is 3.64. The number of rotatable bonds is 5. The Kier molecular flexibility index (Phi) is 5.71. The van der Waals surface area contributed by atoms with Crippen molar-refractivity contribution >= 4 is 16.7 Å². The number of piperidine rings is 1. The maximum Gasteiger partial charge on any atom is 0.274 e. The molecular weight excluding hydrogens is 328 g/mol. The Labute approximate surface area is 154 Å². The first-order chi connectivity index (χ1) is 12.5. The van der Waals surface area contributed by atoms with Gasteiger partial charge in [0, 0.05) is 18.5 Å². The van der Waals surface area contributed by atoms with E-state index in [1.54, 1.807) is 6.07 Å². The number of carbonyl (C=O) groups is 1. The maximum absolute atomic E-state index is 13.2. The molecule has 1 fully saturated rings. The maximum atomic E-state index is 13.2. The fraction of sp³-hybridized carbons (Fsp3) is 0.550. The third-order valence-corrected chi connectivity index (χ3v) is 5.22. The molecule has 140 valence electrons. The topological polar surface area (TPSA) is 67.2 Å². The first kappa shape index (κ1) is 18.6. The molecule has 1 aromatic carbocycles. The number of likely N-dealkylation sites (tertiary alicyclic amines) is 1. The minimum Gasteiger partial charge on any atom is -0.337 e. The molecule has 0 aliphatic carbocycles. The highest BCUT2D eigenvalue weighted by Crippen LogP contribution is 2.23. The molecule has 0 bridgehead atoms. The molecule has 3 rings (SSSR count). The van der Waals surface area contributed by atoms with Gasteiger partial charge in [-0.15, -0.1) is 0 Å². The Hall–Kier alpha value is -2.21. The van der Waals surface area contributed by atoms with Crippen molar-refractivity contribution in [3.8, 4) is 0 Å². The van der Waals surface area contributed by atoms with Crippen LogP contribution in [0.4, 0.5) is 0 Å². The molecule has 0 spiro atoms. The summed E-state index contributed by atoms with van der Waals surface area (Å²) < 4.78 is 1.43. The predicted molar refractivity (Wildman–Crippen MR) is 104 cm³/mol. The smallest absolute Gasteiger partial charge is 0.274 e. The Balaban J connectivity index is 1.89. The standard InChI is InChI=1S/C20H28N4O2/c1-14(2)24-19(25)17-7-5-4-6-16(17)18(22-24)20(26)23-12-9-15(10-13-23)8-11-21-3/h4-7,14-15,21H,8-13H2,1-3H3. The predicted octanol–water partition coefficient (Wildman–Crippen LogP) is 2.44. The Morgan fingerprint density at radius 1 is 1.23 bits per heavy atom. The van der Waals surface area contributed by atoms with E-state index in [0.29, 0.717) is 22.4 Å². The number of carbonyl (C=O) groups excluding carboxylic acids is 1. The van der Waals surface area contributed by atoms with E-state index < -0.39 is 0 Å². The van der Waals surface area contributed by atoms with Crippen LogP contribution in [0, 0.1) is 5.92 Å². The summed E-state index contributed by atoms with van der Waals surface area (Å²) in [5.41, 5.74) is 0.250. The van der Waals surface area contributed by atoms with Crippen LogP contribution in [0.5, 0.6) is 0 Å². The number of aromatic nitrogens is 2. The second kappa shape index (κ2) is 7.99. The number of benzene rings is 1. The quantitative estimate of drug-likeness (QED) is 0.893. The van der Waals surface area contributed by atoms with Gasteiger partial charge < -0.3 is 10.2 Å². The molecule has 2 aromatic rings. The van der Waals surface area contributed by atoms with E-state index in [1.165, 1.54) is 4.68 Å². The Morgan fingerprint density at radius 3 is 2.50 bits per heavy atom. The lowest BCUT2D eigenvalue weighted by Crippen LogP contribution is -2.40. The van der Waals surface area contributed by atoms with Crippen LogP contribution in [-0.4, -0.2) is 47.3 Å². The molecule has 0 atom stereocenters. The molecule has 0 radical (unpaired) electrons. The second-order valence-electron chi connectivity index (χ2n) is 7.37. The van der Waals surface area contributed by atoms with Gasteiger partial charge in [-0.1, -0.05) is 18.2 Å². The summed E-state index contributed by atoms with van der Waals surface area (Å²) in [6.45, 7) is 6.34. The monoisotopic (exact) mass is 356 g/mol. The highest BCUT2D eigenvalue weighted by Gasteiger charge is 2.26. The van der Waals surface area contributed by atoms with Gasteiger partial charge in [0.15, 0.2) is 5.69 Å². The van der Waals surface area contributed by atoms with Crippen molar-refractivity contribution in [3.63, 3.8) is 0 Å². The van der Waals surface area contributed by atoms with Crippen molar-refractivity contribution in [2.24, 2.45) is 5.92 Å². The number of nitrogens with zero attached hydrogens (tertiary/aromatic N) is 3. The molecule has 1 amide bonds. The minimum atomic E-state index is -0.141. The molecule has 0 unspecified atom stereocenters. The zero-order valence-electron chi connectivity index (χ0n) is 15.9. The highest BCUT2D eigenvalue weighted by molar-refractivity contribution is 6.04. The second-order valence-corrected chi connectivity index (χ2v) is 7.37. The number of fused-ring (bicyclic) bond motifs is 1. The zero-order chi connectivity index (χ0) is 18.7. The summed E-state index contributed by atoms with van der Waals surface area (Å²) >= 11 is 0. The van der Waals surface area contributed by atoms with Gasteiger partial charge in [0.2, 0.25) is 0 Å². The first-order valence-electron chi connectivity index (χ1n) is 9.48. The van der Waals surface area contributed by atoms with Gasteiger partial charge in [0.1, 0.15) is 0 Å². The van der Waals surface area contributed by atoms with Crippen LogP contribution in [0.15, 0.2) is 29.1 Å². The SMILES string of the molecule is CNCCC1CCN(C(=O)c2nn(C(C)C)c(=O)c3ccccc23)CC1. The van der Waals surface area contributed by atoms with E-state index in [-0.39, 0.29) is 17.5 Å². The lowest BCUT2D eigenvalue weighted by atomic mass is 9.93. The van der Waals surface area contributed by atoms with Gasteiger partial charge in [-0.25, -0.2) is 4.68 Å². The first-order valence-corrected chi connectivity index (χ1v) is 9.48. The molecule has 1 saturated heterocycles. The van der Waals surface area contributed by atoms with E-state index in [1.807, 2.05) is 44.0 Å². The van der Waals surface area contributed by atoms with Gasteiger partial charge in [0.25, 0.3) is 11.5 Å². The van der Waals surface area contributed by atoms with Crippen molar-refractivity contribution in [2.45, 2.75) is 39.2 Å². The van der Waals surface area contributed by atoms with E-state index in [2.05, 4.69) is 10.4 Å². The minimum absolute atomic E-state index is 0.0670. The Bertz CT molecular complexity index is 835. The normalized spacial score (nSPS) is 15.8. The van der Waals surface area contributed by atoms with Crippen LogP contribution in [0.1, 0.15) is 49.6 Å². The summed E-state index contributed by atoms with van der Waals surface area (Å²) in [4.78, 5) is 27.7. The summed E-state index contributed by atoms with van der Waals surface area (Å²) in [7, 11) is 1.97. The van der Waals surface area contributed by atoms with E-state index in [0.717, 1.165) is 38.9 Å². The van der Waals surface area contributed by atoms with Crippen molar-refractivity contribution < 1.29 is 4.79 Å². The molecule has 1 aromatic heterocycles. The van der Waals surface area contributed by atoms with Gasteiger partial charge in [0.05, 0.1) is 11.4 Å². The van der Waals surface area contributed by atoms with Crippen molar-refractivity contribution in [3.05, 3.63) is 40.3 Å². The van der Waals surface area contributed by atoms with Crippen LogP contribution >= 0.6 is 0 Å². The van der Waals surface area contributed by atoms with Crippen molar-refractivity contribution in [1.82, 2.24) is 20.0 Å². The molecule has 0 saturated carbocycles. The largest absolute Gasteiger partial charge is 0.337 e. The lowest BCUT2D eigenvalue weighted by molar-refractivity contribution is 0.0680. The summed E-state index contributed by atoms with van der Waals surface area (Å²) in [6, 6.07) is 7.19. The molecular formula is C20H28N4O2. The lowest BCUT2D eigenvalue weighted by Gasteiger charge is -2.32. The van der Waals surface area contributed by atoms with Crippen molar-refractivity contribution in [1.29, 1.82) is 0 Å². The third kappa shape index (κ3) is 3.65. The molecule has 2 heterocycles. The number of hydrogen-bond acceptors (Lipinski definition) is 4. The van der Waals surface area contributed by atoms with Crippen LogP contribution < -0.4 is 10.9 Å². The molecule has 6 nitrogen and oxygen atoms in total. The molecule has 1 aliphatic heterocycles. The van der Waals surface area contributed by atoms with Gasteiger partial charge in [-0.3, -0.25) is 9.59 Å². The molecule has 26 heavy (non-hydrogen) atoms. The van der Waals surface area contributed by atoms with Crippen LogP contribution in [0.3, 0.4) is 0 Å². The van der Waals surface area contributed by atoms with E-state index in [4.69, 9.17) is 0 Å². The summed E-state index contributed by atoms with van der Waals surface area (Å²) in [5, 5.41) is 8.85. The highest BCUT2D eigenvalue weighted by atomic mass is 16.2. The van der Waals surface area contributed by atoms with Gasteiger partial charge in [-0.05, 0) is 58.7 Å². The molecule has 1 N–H and O–H groups in total. The van der Waals surface area contributed by atoms with Crippen LogP contribution in [0.2, 0.25) is 0 Å². The Morgan fingerprint density at radius 2 is 1.88 bits per heavy atom. The van der Waals surface area contributed by atoms with E-state index >= 15 is 0 Å². The fourth-order valence-corrected chi connectivity index (χ4v) is 3.64. The van der Waals surface area contributed by atoms with Crippen LogP contribution in [0.25, 0.3) is 10.8 Å². The molecule has 1 aliphatic rings. The van der Waals surface area contributed by atoms with Gasteiger partial charge >= 0.3 is 0 Å². The average Bonchev–Trinajstić information content (AvgIpc) is 2.66. The summed E-state index contributed by atoms with van der Waals surface area (Å²) in [6.07, 6.45) is 3.20. The number of nitrogens with one attached hydrogen (secondary N) is 1. The van der Waals surface area contributed by atoms with Gasteiger partial charge in [-0.2, -0.15) is 5.10 Å². The average molecular weight is 356 g/mol.